The lowest BCUT2D eigenvalue weighted by Gasteiger charge is -2.35. The number of hydrogen-bond acceptors (Lipinski definition) is 4. The van der Waals surface area contributed by atoms with E-state index in [2.05, 4.69) is 21.8 Å². The molecule has 146 valence electrons. The van der Waals surface area contributed by atoms with Crippen molar-refractivity contribution in [2.45, 2.75) is 37.1 Å². The zero-order valence-electron chi connectivity index (χ0n) is 15.8. The molecule has 0 spiro atoms. The monoisotopic (exact) mass is 388 g/mol. The van der Waals surface area contributed by atoms with Crippen molar-refractivity contribution in [3.8, 4) is 5.75 Å². The van der Waals surface area contributed by atoms with Gasteiger partial charge < -0.3 is 4.74 Å². The fourth-order valence-electron chi connectivity index (χ4n) is 3.52. The lowest BCUT2D eigenvalue weighted by molar-refractivity contribution is 0.164. The predicted octanol–water partition coefficient (Wildman–Crippen LogP) is 3.59. The van der Waals surface area contributed by atoms with Crippen LogP contribution in [0.4, 0.5) is 0 Å². The summed E-state index contributed by atoms with van der Waals surface area (Å²) in [6, 6.07) is 16.8. The first kappa shape index (κ1) is 19.9. The Hall–Kier alpha value is -1.89. The second kappa shape index (κ2) is 9.35. The maximum absolute atomic E-state index is 12.7. The fraction of sp³-hybridized carbons (Fsp3) is 0.429. The first-order valence-electron chi connectivity index (χ1n) is 9.61. The van der Waals surface area contributed by atoms with Crippen LogP contribution >= 0.6 is 0 Å². The van der Waals surface area contributed by atoms with E-state index in [0.29, 0.717) is 18.9 Å². The van der Waals surface area contributed by atoms with Crippen LogP contribution in [-0.2, 0) is 10.0 Å². The van der Waals surface area contributed by atoms with Gasteiger partial charge in [-0.3, -0.25) is 4.90 Å². The average Bonchev–Trinajstić information content (AvgIpc) is 2.70. The summed E-state index contributed by atoms with van der Waals surface area (Å²) in [5.41, 5.74) is 1.15. The Kier molecular flexibility index (Phi) is 6.88. The molecule has 1 N–H and O–H groups in total. The quantitative estimate of drug-likeness (QED) is 0.751. The van der Waals surface area contributed by atoms with Crippen LogP contribution in [0.3, 0.4) is 0 Å². The SMILES string of the molecule is CCOc1ccc(S(=O)(=O)NCC(c2ccccc2)N2CCCCC2)cc1. The zero-order valence-corrected chi connectivity index (χ0v) is 16.6. The smallest absolute Gasteiger partial charge is 0.240 e. The van der Waals surface area contributed by atoms with Crippen molar-refractivity contribution in [3.05, 3.63) is 60.2 Å². The average molecular weight is 389 g/mol. The maximum atomic E-state index is 12.7. The number of piperidine rings is 1. The molecule has 1 fully saturated rings. The van der Waals surface area contributed by atoms with E-state index in [1.54, 1.807) is 24.3 Å². The first-order valence-corrected chi connectivity index (χ1v) is 11.1. The van der Waals surface area contributed by atoms with Crippen LogP contribution in [0.5, 0.6) is 5.75 Å². The maximum Gasteiger partial charge on any atom is 0.240 e. The lowest BCUT2D eigenvalue weighted by Crippen LogP contribution is -2.40. The highest BCUT2D eigenvalue weighted by atomic mass is 32.2. The van der Waals surface area contributed by atoms with Gasteiger partial charge in [0, 0.05) is 12.6 Å². The topological polar surface area (TPSA) is 58.6 Å². The molecule has 2 aromatic rings. The van der Waals surface area contributed by atoms with Crippen LogP contribution < -0.4 is 9.46 Å². The Morgan fingerprint density at radius 2 is 1.67 bits per heavy atom. The third-order valence-corrected chi connectivity index (χ3v) is 6.37. The van der Waals surface area contributed by atoms with Crippen molar-refractivity contribution in [1.82, 2.24) is 9.62 Å². The van der Waals surface area contributed by atoms with Crippen LogP contribution in [0.2, 0.25) is 0 Å². The molecular formula is C21H28N2O3S. The highest BCUT2D eigenvalue weighted by Gasteiger charge is 2.24. The van der Waals surface area contributed by atoms with Gasteiger partial charge in [0.2, 0.25) is 10.0 Å². The van der Waals surface area contributed by atoms with Gasteiger partial charge in [0.15, 0.2) is 0 Å². The van der Waals surface area contributed by atoms with Crippen molar-refractivity contribution in [2.24, 2.45) is 0 Å². The van der Waals surface area contributed by atoms with E-state index in [9.17, 15) is 8.42 Å². The van der Waals surface area contributed by atoms with Crippen LogP contribution in [0.15, 0.2) is 59.5 Å². The molecule has 0 saturated carbocycles. The van der Waals surface area contributed by atoms with Crippen LogP contribution in [-0.4, -0.2) is 39.6 Å². The Labute approximate surface area is 162 Å². The fourth-order valence-corrected chi connectivity index (χ4v) is 4.56. The summed E-state index contributed by atoms with van der Waals surface area (Å²) in [6.07, 6.45) is 3.57. The van der Waals surface area contributed by atoms with E-state index in [1.807, 2.05) is 25.1 Å². The number of likely N-dealkylation sites (tertiary alicyclic amines) is 1. The molecule has 1 aliphatic rings. The van der Waals surface area contributed by atoms with Gasteiger partial charge in [0.1, 0.15) is 5.75 Å². The van der Waals surface area contributed by atoms with Crippen LogP contribution in [0.25, 0.3) is 0 Å². The standard InChI is InChI=1S/C21H28N2O3S/c1-2-26-19-11-13-20(14-12-19)27(24,25)22-17-21(18-9-5-3-6-10-18)23-15-7-4-8-16-23/h3,5-6,9-14,21-22H,2,4,7-8,15-17H2,1H3. The summed E-state index contributed by atoms with van der Waals surface area (Å²) in [4.78, 5) is 2.65. The molecule has 6 heteroatoms. The van der Waals surface area contributed by atoms with Crippen LogP contribution in [0, 0.1) is 0 Å². The summed E-state index contributed by atoms with van der Waals surface area (Å²) < 4.78 is 33.7. The first-order chi connectivity index (χ1) is 13.1. The molecule has 1 aliphatic heterocycles. The second-order valence-electron chi connectivity index (χ2n) is 6.78. The van der Waals surface area contributed by atoms with Crippen molar-refractivity contribution in [3.63, 3.8) is 0 Å². The molecule has 0 aliphatic carbocycles. The van der Waals surface area contributed by atoms with Gasteiger partial charge in [-0.05, 0) is 62.7 Å². The molecule has 2 aromatic carbocycles. The number of nitrogens with zero attached hydrogens (tertiary/aromatic N) is 1. The van der Waals surface area contributed by atoms with Gasteiger partial charge in [-0.15, -0.1) is 0 Å². The Morgan fingerprint density at radius 3 is 2.30 bits per heavy atom. The van der Waals surface area contributed by atoms with E-state index >= 15 is 0 Å². The molecule has 5 nitrogen and oxygen atoms in total. The lowest BCUT2D eigenvalue weighted by atomic mass is 10.0. The van der Waals surface area contributed by atoms with E-state index in [0.717, 1.165) is 31.5 Å². The normalized spacial score (nSPS) is 16.8. The second-order valence-corrected chi connectivity index (χ2v) is 8.55. The van der Waals surface area contributed by atoms with E-state index < -0.39 is 10.0 Å². The molecule has 0 amide bonds. The van der Waals surface area contributed by atoms with Gasteiger partial charge >= 0.3 is 0 Å². The van der Waals surface area contributed by atoms with E-state index in [4.69, 9.17) is 4.74 Å². The summed E-state index contributed by atoms with van der Waals surface area (Å²) in [7, 11) is -3.57. The number of benzene rings is 2. The van der Waals surface area contributed by atoms with Crippen molar-refractivity contribution in [1.29, 1.82) is 0 Å². The Balaban J connectivity index is 1.73. The minimum absolute atomic E-state index is 0.0453. The minimum atomic E-state index is -3.57. The molecule has 1 saturated heterocycles. The molecule has 1 atom stereocenters. The molecule has 0 bridgehead atoms. The van der Waals surface area contributed by atoms with Crippen LogP contribution in [0.1, 0.15) is 37.8 Å². The number of hydrogen-bond donors (Lipinski definition) is 1. The molecule has 0 aromatic heterocycles. The van der Waals surface area contributed by atoms with Crippen molar-refractivity contribution < 1.29 is 13.2 Å². The van der Waals surface area contributed by atoms with Crippen molar-refractivity contribution >= 4 is 10.0 Å². The number of sulfonamides is 1. The van der Waals surface area contributed by atoms with Gasteiger partial charge in [0.05, 0.1) is 11.5 Å². The largest absolute Gasteiger partial charge is 0.494 e. The highest BCUT2D eigenvalue weighted by Crippen LogP contribution is 2.25. The van der Waals surface area contributed by atoms with Gasteiger partial charge in [-0.2, -0.15) is 0 Å². The molecule has 1 heterocycles. The summed E-state index contributed by atoms with van der Waals surface area (Å²) in [5, 5.41) is 0. The molecule has 3 rings (SSSR count). The molecule has 27 heavy (non-hydrogen) atoms. The third-order valence-electron chi connectivity index (χ3n) is 4.93. The summed E-state index contributed by atoms with van der Waals surface area (Å²) in [6.45, 7) is 4.82. The van der Waals surface area contributed by atoms with Gasteiger partial charge in [-0.25, -0.2) is 13.1 Å². The number of nitrogens with one attached hydrogen (secondary N) is 1. The third kappa shape index (κ3) is 5.31. The zero-order chi connectivity index (χ0) is 19.1. The van der Waals surface area contributed by atoms with E-state index in [1.165, 1.54) is 6.42 Å². The predicted molar refractivity (Wildman–Crippen MR) is 107 cm³/mol. The highest BCUT2D eigenvalue weighted by molar-refractivity contribution is 7.89. The van der Waals surface area contributed by atoms with Gasteiger partial charge in [0.25, 0.3) is 0 Å². The van der Waals surface area contributed by atoms with Crippen molar-refractivity contribution in [2.75, 3.05) is 26.2 Å². The Bertz CT molecular complexity index is 801. The summed E-state index contributed by atoms with van der Waals surface area (Å²) >= 11 is 0. The Morgan fingerprint density at radius 1 is 1.00 bits per heavy atom. The number of rotatable bonds is 8. The minimum Gasteiger partial charge on any atom is -0.494 e. The van der Waals surface area contributed by atoms with E-state index in [-0.39, 0.29) is 10.9 Å². The molecule has 0 radical (unpaired) electrons. The summed E-state index contributed by atoms with van der Waals surface area (Å²) in [5.74, 6) is 0.673. The molecule has 1 unspecified atom stereocenters. The molecular weight excluding hydrogens is 360 g/mol. The van der Waals surface area contributed by atoms with Gasteiger partial charge in [-0.1, -0.05) is 36.8 Å². The number of ether oxygens (including phenoxy) is 1.